The lowest BCUT2D eigenvalue weighted by atomic mass is 10.0. The Balaban J connectivity index is 2.01. The molecule has 1 N–H and O–H groups in total. The molecule has 5 heteroatoms. The quantitative estimate of drug-likeness (QED) is 0.486. The van der Waals surface area contributed by atoms with E-state index in [1.54, 1.807) is 18.2 Å². The van der Waals surface area contributed by atoms with E-state index in [9.17, 15) is 9.18 Å². The number of halogens is 3. The van der Waals surface area contributed by atoms with Crippen molar-refractivity contribution < 1.29 is 9.18 Å². The van der Waals surface area contributed by atoms with E-state index >= 15 is 0 Å². The molecule has 0 bridgehead atoms. The summed E-state index contributed by atoms with van der Waals surface area (Å²) in [5, 5.41) is 4.40. The summed E-state index contributed by atoms with van der Waals surface area (Å²) in [5.41, 5.74) is 0.689. The van der Waals surface area contributed by atoms with Crippen molar-refractivity contribution >= 4 is 60.9 Å². The number of rotatable bonds is 2. The molecular formula is C17H10BrFINO. The molecule has 0 heterocycles. The standard InChI is InChI=1S/C17H10BrFINO/c18-14-6-2-3-11-12(14)4-1-5-13(11)17(22)21-16-8-7-10(20)9-15(16)19/h1-9H,(H,21,22). The molecule has 0 saturated carbocycles. The summed E-state index contributed by atoms with van der Waals surface area (Å²) >= 11 is 5.50. The van der Waals surface area contributed by atoms with Crippen LogP contribution in [0.15, 0.2) is 59.1 Å². The molecule has 110 valence electrons. The summed E-state index contributed by atoms with van der Waals surface area (Å²) in [4.78, 5) is 12.5. The van der Waals surface area contributed by atoms with Crippen molar-refractivity contribution in [2.75, 3.05) is 5.32 Å². The van der Waals surface area contributed by atoms with Crippen molar-refractivity contribution in [3.63, 3.8) is 0 Å². The molecule has 0 aliphatic heterocycles. The number of carbonyl (C=O) groups excluding carboxylic acids is 1. The van der Waals surface area contributed by atoms with Crippen LogP contribution in [0, 0.1) is 9.39 Å². The minimum Gasteiger partial charge on any atom is -0.319 e. The molecule has 0 atom stereocenters. The predicted octanol–water partition coefficient (Wildman–Crippen LogP) is 5.60. The third-order valence-electron chi connectivity index (χ3n) is 3.29. The fourth-order valence-electron chi connectivity index (χ4n) is 2.25. The van der Waals surface area contributed by atoms with Crippen LogP contribution in [0.25, 0.3) is 10.8 Å². The zero-order valence-corrected chi connectivity index (χ0v) is 15.0. The van der Waals surface area contributed by atoms with Gasteiger partial charge in [0.2, 0.25) is 0 Å². The second-order valence-corrected chi connectivity index (χ2v) is 6.82. The first kappa shape index (κ1) is 15.4. The summed E-state index contributed by atoms with van der Waals surface area (Å²) in [6.07, 6.45) is 0. The van der Waals surface area contributed by atoms with Crippen LogP contribution in [0.2, 0.25) is 0 Å². The molecule has 3 aromatic rings. The van der Waals surface area contributed by atoms with Gasteiger partial charge in [-0.25, -0.2) is 4.39 Å². The molecule has 0 radical (unpaired) electrons. The third-order valence-corrected chi connectivity index (χ3v) is 4.66. The van der Waals surface area contributed by atoms with Gasteiger partial charge in [-0.3, -0.25) is 4.79 Å². The molecule has 0 aliphatic rings. The monoisotopic (exact) mass is 469 g/mol. The Hall–Kier alpha value is -1.47. The molecule has 0 fully saturated rings. The first-order valence-electron chi connectivity index (χ1n) is 6.50. The van der Waals surface area contributed by atoms with Gasteiger partial charge in [-0.05, 0) is 63.7 Å². The number of anilines is 1. The van der Waals surface area contributed by atoms with Crippen LogP contribution in [0.4, 0.5) is 10.1 Å². The van der Waals surface area contributed by atoms with E-state index in [1.165, 1.54) is 6.07 Å². The average molecular weight is 470 g/mol. The number of amides is 1. The maximum absolute atomic E-state index is 13.9. The highest BCUT2D eigenvalue weighted by molar-refractivity contribution is 14.1. The molecule has 0 unspecified atom stereocenters. The molecular weight excluding hydrogens is 460 g/mol. The normalized spacial score (nSPS) is 10.7. The second kappa shape index (κ2) is 6.34. The third kappa shape index (κ3) is 3.01. The van der Waals surface area contributed by atoms with Gasteiger partial charge in [0.25, 0.3) is 5.91 Å². The topological polar surface area (TPSA) is 29.1 Å². The zero-order valence-electron chi connectivity index (χ0n) is 11.2. The molecule has 3 rings (SSSR count). The molecule has 2 nitrogen and oxygen atoms in total. The number of carbonyl (C=O) groups is 1. The Labute approximate surface area is 149 Å². The lowest BCUT2D eigenvalue weighted by Crippen LogP contribution is -2.13. The largest absolute Gasteiger partial charge is 0.319 e. The van der Waals surface area contributed by atoms with Crippen molar-refractivity contribution in [1.29, 1.82) is 0 Å². The van der Waals surface area contributed by atoms with E-state index in [4.69, 9.17) is 0 Å². The first-order chi connectivity index (χ1) is 10.6. The van der Waals surface area contributed by atoms with Crippen LogP contribution in [-0.4, -0.2) is 5.91 Å². The minimum absolute atomic E-state index is 0.178. The van der Waals surface area contributed by atoms with Crippen LogP contribution in [0.3, 0.4) is 0 Å². The van der Waals surface area contributed by atoms with Gasteiger partial charge in [0, 0.05) is 13.6 Å². The maximum Gasteiger partial charge on any atom is 0.256 e. The maximum atomic E-state index is 13.9. The summed E-state index contributed by atoms with van der Waals surface area (Å²) in [6, 6.07) is 15.8. The average Bonchev–Trinajstić information content (AvgIpc) is 2.50. The smallest absolute Gasteiger partial charge is 0.256 e. The van der Waals surface area contributed by atoms with Gasteiger partial charge in [-0.15, -0.1) is 0 Å². The number of benzene rings is 3. The lowest BCUT2D eigenvalue weighted by Gasteiger charge is -2.10. The fraction of sp³-hybridized carbons (Fsp3) is 0. The van der Waals surface area contributed by atoms with Gasteiger partial charge in [-0.1, -0.05) is 40.2 Å². The van der Waals surface area contributed by atoms with Gasteiger partial charge >= 0.3 is 0 Å². The van der Waals surface area contributed by atoms with Gasteiger partial charge in [0.05, 0.1) is 5.69 Å². The van der Waals surface area contributed by atoms with Gasteiger partial charge in [0.15, 0.2) is 0 Å². The van der Waals surface area contributed by atoms with Crippen molar-refractivity contribution in [1.82, 2.24) is 0 Å². The number of nitrogens with one attached hydrogen (secondary N) is 1. The molecule has 1 amide bonds. The van der Waals surface area contributed by atoms with E-state index in [-0.39, 0.29) is 11.6 Å². The van der Waals surface area contributed by atoms with Crippen molar-refractivity contribution in [3.8, 4) is 0 Å². The highest BCUT2D eigenvalue weighted by Gasteiger charge is 2.13. The minimum atomic E-state index is -0.443. The van der Waals surface area contributed by atoms with Gasteiger partial charge < -0.3 is 5.32 Å². The molecule has 22 heavy (non-hydrogen) atoms. The van der Waals surface area contributed by atoms with Crippen molar-refractivity contribution in [2.45, 2.75) is 0 Å². The molecule has 0 saturated heterocycles. The van der Waals surface area contributed by atoms with E-state index in [0.717, 1.165) is 18.8 Å². The zero-order chi connectivity index (χ0) is 15.7. The molecule has 0 aromatic heterocycles. The van der Waals surface area contributed by atoms with Crippen LogP contribution < -0.4 is 5.32 Å². The molecule has 3 aromatic carbocycles. The Kier molecular flexibility index (Phi) is 4.44. The summed E-state index contributed by atoms with van der Waals surface area (Å²) < 4.78 is 15.6. The Morgan fingerprint density at radius 2 is 1.77 bits per heavy atom. The molecule has 0 spiro atoms. The van der Waals surface area contributed by atoms with E-state index in [1.807, 2.05) is 52.9 Å². The van der Waals surface area contributed by atoms with E-state index in [2.05, 4.69) is 21.2 Å². The van der Waals surface area contributed by atoms with Crippen molar-refractivity contribution in [2.24, 2.45) is 0 Å². The van der Waals surface area contributed by atoms with Crippen LogP contribution in [-0.2, 0) is 0 Å². The highest BCUT2D eigenvalue weighted by Crippen LogP contribution is 2.27. The Morgan fingerprint density at radius 1 is 1.05 bits per heavy atom. The summed E-state index contributed by atoms with van der Waals surface area (Å²) in [7, 11) is 0. The Bertz CT molecular complexity index is 882. The van der Waals surface area contributed by atoms with Crippen LogP contribution in [0.5, 0.6) is 0 Å². The Morgan fingerprint density at radius 3 is 2.55 bits per heavy atom. The highest BCUT2D eigenvalue weighted by atomic mass is 127. The van der Waals surface area contributed by atoms with E-state index < -0.39 is 5.82 Å². The predicted molar refractivity (Wildman–Crippen MR) is 98.7 cm³/mol. The summed E-state index contributed by atoms with van der Waals surface area (Å²) in [6.45, 7) is 0. The van der Waals surface area contributed by atoms with Gasteiger partial charge in [-0.2, -0.15) is 0 Å². The van der Waals surface area contributed by atoms with Crippen molar-refractivity contribution in [3.05, 3.63) is 74.0 Å². The second-order valence-electron chi connectivity index (χ2n) is 4.72. The first-order valence-corrected chi connectivity index (χ1v) is 8.37. The lowest BCUT2D eigenvalue weighted by molar-refractivity contribution is 0.102. The molecule has 0 aliphatic carbocycles. The number of hydrogen-bond acceptors (Lipinski definition) is 1. The van der Waals surface area contributed by atoms with Crippen LogP contribution >= 0.6 is 38.5 Å². The van der Waals surface area contributed by atoms with Gasteiger partial charge in [0.1, 0.15) is 5.82 Å². The van der Waals surface area contributed by atoms with Crippen LogP contribution in [0.1, 0.15) is 10.4 Å². The SMILES string of the molecule is O=C(Nc1ccc(I)cc1F)c1cccc2c(Br)cccc12. The van der Waals surface area contributed by atoms with E-state index in [0.29, 0.717) is 5.56 Å². The number of fused-ring (bicyclic) bond motifs is 1. The fourth-order valence-corrected chi connectivity index (χ4v) is 3.20. The summed E-state index contributed by atoms with van der Waals surface area (Å²) in [5.74, 6) is -0.773. The number of hydrogen-bond donors (Lipinski definition) is 1.